The van der Waals surface area contributed by atoms with Crippen LogP contribution < -0.4 is 16.0 Å². The highest BCUT2D eigenvalue weighted by molar-refractivity contribution is 5.94. The third-order valence-electron chi connectivity index (χ3n) is 5.08. The predicted octanol–water partition coefficient (Wildman–Crippen LogP) is 3.09. The quantitative estimate of drug-likeness (QED) is 0.467. The largest absolute Gasteiger partial charge is 0.352 e. The van der Waals surface area contributed by atoms with Gasteiger partial charge < -0.3 is 16.0 Å². The van der Waals surface area contributed by atoms with Gasteiger partial charge in [0.25, 0.3) is 11.6 Å². The molecule has 0 radical (unpaired) electrons. The van der Waals surface area contributed by atoms with Gasteiger partial charge in [0.2, 0.25) is 0 Å². The number of nitrogens with zero attached hydrogens (tertiary/aromatic N) is 1. The van der Waals surface area contributed by atoms with E-state index in [1.54, 1.807) is 0 Å². The van der Waals surface area contributed by atoms with Crippen LogP contribution in [0.25, 0.3) is 0 Å². The first-order valence-electron chi connectivity index (χ1n) is 9.89. The number of carbonyl (C=O) groups is 2. The standard InChI is InChI=1S/C20H30N4O4/c1-14(2)11-22-20(26)23-13-16-5-3-15(4-6-16)12-21-19(25)17-7-9-18(10-8-17)24(27)28/h7-10,14-16H,3-6,11-13H2,1-2H3,(H,21,25)(H2,22,23,26). The number of carbonyl (C=O) groups excluding carboxylic acids is 2. The Bertz CT molecular complexity index is 667. The summed E-state index contributed by atoms with van der Waals surface area (Å²) < 4.78 is 0. The molecular weight excluding hydrogens is 360 g/mol. The van der Waals surface area contributed by atoms with Gasteiger partial charge in [-0.1, -0.05) is 13.8 Å². The summed E-state index contributed by atoms with van der Waals surface area (Å²) in [5, 5.41) is 19.4. The van der Waals surface area contributed by atoms with E-state index in [4.69, 9.17) is 0 Å². The van der Waals surface area contributed by atoms with Crippen molar-refractivity contribution in [1.82, 2.24) is 16.0 Å². The zero-order valence-corrected chi connectivity index (χ0v) is 16.6. The normalized spacial score (nSPS) is 19.1. The van der Waals surface area contributed by atoms with Crippen LogP contribution in [0.4, 0.5) is 10.5 Å². The van der Waals surface area contributed by atoms with E-state index >= 15 is 0 Å². The smallest absolute Gasteiger partial charge is 0.314 e. The monoisotopic (exact) mass is 390 g/mol. The highest BCUT2D eigenvalue weighted by Gasteiger charge is 2.22. The fourth-order valence-electron chi connectivity index (χ4n) is 3.31. The number of amides is 3. The van der Waals surface area contributed by atoms with Gasteiger partial charge in [0, 0.05) is 37.3 Å². The van der Waals surface area contributed by atoms with Crippen molar-refractivity contribution in [3.8, 4) is 0 Å². The van der Waals surface area contributed by atoms with Crippen molar-refractivity contribution < 1.29 is 14.5 Å². The van der Waals surface area contributed by atoms with Gasteiger partial charge in [-0.25, -0.2) is 4.79 Å². The molecule has 0 aliphatic heterocycles. The maximum Gasteiger partial charge on any atom is 0.314 e. The predicted molar refractivity (Wildman–Crippen MR) is 107 cm³/mol. The van der Waals surface area contributed by atoms with Crippen LogP contribution in [0.3, 0.4) is 0 Å². The van der Waals surface area contributed by atoms with E-state index in [1.165, 1.54) is 24.3 Å². The van der Waals surface area contributed by atoms with Crippen molar-refractivity contribution in [2.45, 2.75) is 39.5 Å². The lowest BCUT2D eigenvalue weighted by Gasteiger charge is -2.28. The molecule has 1 aromatic carbocycles. The van der Waals surface area contributed by atoms with Crippen molar-refractivity contribution in [2.24, 2.45) is 17.8 Å². The number of non-ortho nitro benzene ring substituents is 1. The van der Waals surface area contributed by atoms with Gasteiger partial charge in [-0.2, -0.15) is 0 Å². The highest BCUT2D eigenvalue weighted by Crippen LogP contribution is 2.28. The summed E-state index contributed by atoms with van der Waals surface area (Å²) in [7, 11) is 0. The van der Waals surface area contributed by atoms with Gasteiger partial charge in [-0.05, 0) is 55.6 Å². The van der Waals surface area contributed by atoms with E-state index in [0.717, 1.165) is 25.7 Å². The van der Waals surface area contributed by atoms with E-state index in [1.807, 2.05) is 0 Å². The lowest BCUT2D eigenvalue weighted by Crippen LogP contribution is -2.40. The number of benzene rings is 1. The fraction of sp³-hybridized carbons (Fsp3) is 0.600. The lowest BCUT2D eigenvalue weighted by atomic mass is 9.82. The molecule has 3 amide bonds. The summed E-state index contributed by atoms with van der Waals surface area (Å²) in [5.74, 6) is 1.13. The average Bonchev–Trinajstić information content (AvgIpc) is 2.69. The lowest BCUT2D eigenvalue weighted by molar-refractivity contribution is -0.384. The summed E-state index contributed by atoms with van der Waals surface area (Å²) in [5.41, 5.74) is 0.400. The number of hydrogen-bond donors (Lipinski definition) is 3. The molecule has 0 saturated heterocycles. The molecule has 154 valence electrons. The second kappa shape index (κ2) is 10.6. The Labute approximate surface area is 165 Å². The first-order chi connectivity index (χ1) is 13.3. The van der Waals surface area contributed by atoms with Gasteiger partial charge in [0.05, 0.1) is 4.92 Å². The summed E-state index contributed by atoms with van der Waals surface area (Å²) in [6.07, 6.45) is 4.09. The SMILES string of the molecule is CC(C)CNC(=O)NCC1CCC(CNC(=O)c2ccc([N+](=O)[O-])cc2)CC1. The number of nitro groups is 1. The third-order valence-corrected chi connectivity index (χ3v) is 5.08. The van der Waals surface area contributed by atoms with Crippen LogP contribution in [0.2, 0.25) is 0 Å². The van der Waals surface area contributed by atoms with E-state index in [9.17, 15) is 19.7 Å². The van der Waals surface area contributed by atoms with Crippen LogP contribution in [0.15, 0.2) is 24.3 Å². The molecule has 8 heteroatoms. The van der Waals surface area contributed by atoms with Crippen molar-refractivity contribution >= 4 is 17.6 Å². The first kappa shape index (κ1) is 21.7. The van der Waals surface area contributed by atoms with E-state index in [-0.39, 0.29) is 17.6 Å². The maximum atomic E-state index is 12.2. The fourth-order valence-corrected chi connectivity index (χ4v) is 3.31. The van der Waals surface area contributed by atoms with Crippen molar-refractivity contribution in [3.05, 3.63) is 39.9 Å². The molecule has 0 aromatic heterocycles. The van der Waals surface area contributed by atoms with Gasteiger partial charge in [-0.3, -0.25) is 14.9 Å². The molecule has 8 nitrogen and oxygen atoms in total. The van der Waals surface area contributed by atoms with Crippen molar-refractivity contribution in [2.75, 3.05) is 19.6 Å². The second-order valence-electron chi connectivity index (χ2n) is 7.89. The Kier molecular flexibility index (Phi) is 8.22. The van der Waals surface area contributed by atoms with Crippen LogP contribution in [0.5, 0.6) is 0 Å². The number of hydrogen-bond acceptors (Lipinski definition) is 4. The molecule has 0 bridgehead atoms. The van der Waals surface area contributed by atoms with E-state index < -0.39 is 4.92 Å². The van der Waals surface area contributed by atoms with Crippen LogP contribution >= 0.6 is 0 Å². The molecule has 2 rings (SSSR count). The Hall–Kier alpha value is -2.64. The molecule has 1 aliphatic carbocycles. The Morgan fingerprint density at radius 1 is 1.00 bits per heavy atom. The van der Waals surface area contributed by atoms with E-state index in [0.29, 0.717) is 43.0 Å². The first-order valence-corrected chi connectivity index (χ1v) is 9.89. The van der Waals surface area contributed by atoms with Crippen molar-refractivity contribution in [3.63, 3.8) is 0 Å². The molecule has 3 N–H and O–H groups in total. The van der Waals surface area contributed by atoms with E-state index in [2.05, 4.69) is 29.8 Å². The zero-order valence-electron chi connectivity index (χ0n) is 16.6. The van der Waals surface area contributed by atoms with Crippen molar-refractivity contribution in [1.29, 1.82) is 0 Å². The Balaban J connectivity index is 1.65. The molecule has 1 aliphatic rings. The molecule has 0 unspecified atom stereocenters. The molecule has 1 fully saturated rings. The molecule has 0 spiro atoms. The van der Waals surface area contributed by atoms with Crippen LogP contribution in [-0.4, -0.2) is 36.5 Å². The Morgan fingerprint density at radius 2 is 1.54 bits per heavy atom. The second-order valence-corrected chi connectivity index (χ2v) is 7.89. The molecule has 0 heterocycles. The number of urea groups is 1. The number of nitro benzene ring substituents is 1. The van der Waals surface area contributed by atoms with Gasteiger partial charge in [0.15, 0.2) is 0 Å². The topological polar surface area (TPSA) is 113 Å². The molecule has 1 aromatic rings. The molecule has 0 atom stereocenters. The number of nitrogens with one attached hydrogen (secondary N) is 3. The molecule has 28 heavy (non-hydrogen) atoms. The van der Waals surface area contributed by atoms with Gasteiger partial charge in [-0.15, -0.1) is 0 Å². The van der Waals surface area contributed by atoms with Gasteiger partial charge in [0.1, 0.15) is 0 Å². The highest BCUT2D eigenvalue weighted by atomic mass is 16.6. The average molecular weight is 390 g/mol. The minimum Gasteiger partial charge on any atom is -0.352 e. The Morgan fingerprint density at radius 3 is 2.04 bits per heavy atom. The summed E-state index contributed by atoms with van der Waals surface area (Å²) in [4.78, 5) is 34.1. The summed E-state index contributed by atoms with van der Waals surface area (Å²) >= 11 is 0. The van der Waals surface area contributed by atoms with Crippen LogP contribution in [0, 0.1) is 27.9 Å². The molecular formula is C20H30N4O4. The molecule has 1 saturated carbocycles. The van der Waals surface area contributed by atoms with Crippen LogP contribution in [-0.2, 0) is 0 Å². The minimum absolute atomic E-state index is 0.0265. The maximum absolute atomic E-state index is 12.2. The summed E-state index contributed by atoms with van der Waals surface area (Å²) in [6.45, 7) is 6.08. The van der Waals surface area contributed by atoms with Gasteiger partial charge >= 0.3 is 6.03 Å². The third kappa shape index (κ3) is 7.17. The summed E-state index contributed by atoms with van der Waals surface area (Å²) in [6, 6.07) is 5.52. The number of rotatable bonds is 8. The van der Waals surface area contributed by atoms with Crippen LogP contribution in [0.1, 0.15) is 49.9 Å². The minimum atomic E-state index is -0.483. The zero-order chi connectivity index (χ0) is 20.5.